The summed E-state index contributed by atoms with van der Waals surface area (Å²) in [6, 6.07) is 77.7. The van der Waals surface area contributed by atoms with E-state index in [-0.39, 0.29) is 0 Å². The Labute approximate surface area is 336 Å². The van der Waals surface area contributed by atoms with Crippen molar-refractivity contribution in [1.29, 1.82) is 0 Å². The zero-order valence-corrected chi connectivity index (χ0v) is 31.7. The molecular weight excluding hydrogens is 701 g/mol. The standard InChI is InChI=1S/C56H36N2/c1-3-12-37(13-4-1)39-22-26-43(27-23-39)57-33-32-51-54(57)31-30-50-49-20-9-10-21-55(49)58(56(50)51)44-17-11-16-40(34-44)42-25-29-48-47-28-24-41(38-14-5-2-6-15-38)35-52(47)45-18-7-8-19-46(45)53(48)36-42/h1-36H. The van der Waals surface area contributed by atoms with E-state index >= 15 is 0 Å². The minimum Gasteiger partial charge on any atom is -0.316 e. The van der Waals surface area contributed by atoms with Gasteiger partial charge in [-0.2, -0.15) is 0 Å². The molecule has 0 atom stereocenters. The van der Waals surface area contributed by atoms with Crippen molar-refractivity contribution >= 4 is 65.0 Å². The van der Waals surface area contributed by atoms with Gasteiger partial charge >= 0.3 is 0 Å². The number of para-hydroxylation sites is 1. The molecular formula is C56H36N2. The molecule has 0 radical (unpaired) electrons. The molecule has 0 aliphatic rings. The van der Waals surface area contributed by atoms with Gasteiger partial charge in [0, 0.05) is 33.7 Å². The highest BCUT2D eigenvalue weighted by Gasteiger charge is 2.18. The zero-order chi connectivity index (χ0) is 38.2. The van der Waals surface area contributed by atoms with Crippen molar-refractivity contribution in [2.45, 2.75) is 0 Å². The predicted molar refractivity (Wildman–Crippen MR) is 246 cm³/mol. The highest BCUT2D eigenvalue weighted by Crippen LogP contribution is 2.41. The summed E-state index contributed by atoms with van der Waals surface area (Å²) in [4.78, 5) is 0. The minimum absolute atomic E-state index is 1.15. The SMILES string of the molecule is c1ccc(-c2ccc(-n3ccc4c3ccc3c5ccccc5n(-c5cccc(-c6ccc7c8ccc(-c9ccccc9)cc8c8ccccc8c7c6)c5)c34)cc2)cc1. The first-order valence-corrected chi connectivity index (χ1v) is 20.0. The summed E-state index contributed by atoms with van der Waals surface area (Å²) in [6.45, 7) is 0. The van der Waals surface area contributed by atoms with Crippen LogP contribution in [0.5, 0.6) is 0 Å². The van der Waals surface area contributed by atoms with Gasteiger partial charge in [0.05, 0.1) is 16.6 Å². The summed E-state index contributed by atoms with van der Waals surface area (Å²) in [6.07, 6.45) is 2.21. The molecule has 0 aliphatic heterocycles. The highest BCUT2D eigenvalue weighted by atomic mass is 15.0. The van der Waals surface area contributed by atoms with E-state index in [0.717, 1.165) is 11.4 Å². The molecule has 0 spiro atoms. The summed E-state index contributed by atoms with van der Waals surface area (Å²) < 4.78 is 4.78. The lowest BCUT2D eigenvalue weighted by atomic mass is 9.90. The lowest BCUT2D eigenvalue weighted by Crippen LogP contribution is -1.95. The van der Waals surface area contributed by atoms with Crippen LogP contribution in [0.15, 0.2) is 219 Å². The second-order valence-corrected chi connectivity index (χ2v) is 15.3. The molecule has 2 aromatic heterocycles. The largest absolute Gasteiger partial charge is 0.316 e. The molecule has 2 nitrogen and oxygen atoms in total. The Kier molecular flexibility index (Phi) is 7.26. The van der Waals surface area contributed by atoms with Crippen LogP contribution in [0.4, 0.5) is 0 Å². The highest BCUT2D eigenvalue weighted by molar-refractivity contribution is 6.26. The lowest BCUT2D eigenvalue weighted by Gasteiger charge is -2.14. The van der Waals surface area contributed by atoms with Gasteiger partial charge in [0.15, 0.2) is 0 Å². The maximum Gasteiger partial charge on any atom is 0.0635 e. The number of aromatic nitrogens is 2. The molecule has 0 unspecified atom stereocenters. The molecule has 0 bridgehead atoms. The number of fused-ring (bicyclic) bond motifs is 11. The maximum absolute atomic E-state index is 2.47. The van der Waals surface area contributed by atoms with E-state index in [9.17, 15) is 0 Å². The quantitative estimate of drug-likeness (QED) is 0.156. The van der Waals surface area contributed by atoms with E-state index in [4.69, 9.17) is 0 Å². The number of benzene rings is 10. The molecule has 58 heavy (non-hydrogen) atoms. The van der Waals surface area contributed by atoms with Gasteiger partial charge < -0.3 is 9.13 Å². The van der Waals surface area contributed by atoms with E-state index in [1.807, 2.05) is 0 Å². The molecule has 0 saturated carbocycles. The van der Waals surface area contributed by atoms with E-state index in [0.29, 0.717) is 0 Å². The maximum atomic E-state index is 2.47. The first kappa shape index (κ1) is 32.6. The molecule has 2 heterocycles. The molecule has 12 aromatic rings. The summed E-state index contributed by atoms with van der Waals surface area (Å²) in [5.74, 6) is 0. The molecule has 10 aromatic carbocycles. The van der Waals surface area contributed by atoms with Gasteiger partial charge in [-0.05, 0) is 120 Å². The number of hydrogen-bond acceptors (Lipinski definition) is 0. The van der Waals surface area contributed by atoms with Crippen LogP contribution in [0.2, 0.25) is 0 Å². The minimum atomic E-state index is 1.15. The van der Waals surface area contributed by atoms with Crippen molar-refractivity contribution in [3.8, 4) is 44.8 Å². The third-order valence-corrected chi connectivity index (χ3v) is 12.1. The fraction of sp³-hybridized carbons (Fsp3) is 0. The molecule has 2 heteroatoms. The smallest absolute Gasteiger partial charge is 0.0635 e. The van der Waals surface area contributed by atoms with Gasteiger partial charge in [-0.25, -0.2) is 0 Å². The lowest BCUT2D eigenvalue weighted by molar-refractivity contribution is 1.13. The van der Waals surface area contributed by atoms with Crippen molar-refractivity contribution in [3.63, 3.8) is 0 Å². The molecule has 0 aliphatic carbocycles. The van der Waals surface area contributed by atoms with E-state index in [1.54, 1.807) is 0 Å². The van der Waals surface area contributed by atoms with Gasteiger partial charge in [-0.3, -0.25) is 0 Å². The van der Waals surface area contributed by atoms with Gasteiger partial charge in [0.1, 0.15) is 0 Å². The first-order chi connectivity index (χ1) is 28.8. The van der Waals surface area contributed by atoms with Crippen LogP contribution in [-0.2, 0) is 0 Å². The topological polar surface area (TPSA) is 9.86 Å². The Hall–Kier alpha value is -7.68. The summed E-state index contributed by atoms with van der Waals surface area (Å²) in [7, 11) is 0. The zero-order valence-electron chi connectivity index (χ0n) is 31.7. The van der Waals surface area contributed by atoms with Crippen molar-refractivity contribution in [2.24, 2.45) is 0 Å². The normalized spacial score (nSPS) is 11.8. The van der Waals surface area contributed by atoms with E-state index in [2.05, 4.69) is 228 Å². The summed E-state index contributed by atoms with van der Waals surface area (Å²) >= 11 is 0. The van der Waals surface area contributed by atoms with Gasteiger partial charge in [0.25, 0.3) is 0 Å². The van der Waals surface area contributed by atoms with Gasteiger partial charge in [-0.15, -0.1) is 0 Å². The molecule has 0 fully saturated rings. The Balaban J connectivity index is 1.00. The summed E-state index contributed by atoms with van der Waals surface area (Å²) in [5.41, 5.74) is 13.2. The first-order valence-electron chi connectivity index (χ1n) is 20.0. The Morgan fingerprint density at radius 2 is 0.741 bits per heavy atom. The van der Waals surface area contributed by atoms with Crippen molar-refractivity contribution in [3.05, 3.63) is 219 Å². The average Bonchev–Trinajstić information content (AvgIpc) is 3.89. The summed E-state index contributed by atoms with van der Waals surface area (Å²) in [5, 5.41) is 11.4. The molecule has 0 N–H and O–H groups in total. The van der Waals surface area contributed by atoms with E-state index < -0.39 is 0 Å². The van der Waals surface area contributed by atoms with E-state index in [1.165, 1.54) is 98.4 Å². The van der Waals surface area contributed by atoms with Crippen LogP contribution in [0.1, 0.15) is 0 Å². The second kappa shape index (κ2) is 12.9. The molecule has 0 saturated heterocycles. The van der Waals surface area contributed by atoms with Crippen LogP contribution in [0, 0.1) is 0 Å². The second-order valence-electron chi connectivity index (χ2n) is 15.3. The van der Waals surface area contributed by atoms with Crippen LogP contribution >= 0.6 is 0 Å². The Bertz CT molecular complexity index is 3510. The third-order valence-electron chi connectivity index (χ3n) is 12.1. The number of hydrogen-bond donors (Lipinski definition) is 0. The van der Waals surface area contributed by atoms with Crippen LogP contribution < -0.4 is 0 Å². The number of rotatable bonds is 5. The fourth-order valence-corrected chi connectivity index (χ4v) is 9.39. The van der Waals surface area contributed by atoms with Crippen LogP contribution in [0.3, 0.4) is 0 Å². The van der Waals surface area contributed by atoms with Gasteiger partial charge in [0.2, 0.25) is 0 Å². The molecule has 0 amide bonds. The number of nitrogens with zero attached hydrogens (tertiary/aromatic N) is 2. The predicted octanol–water partition coefficient (Wildman–Crippen LogP) is 15.2. The fourth-order valence-electron chi connectivity index (χ4n) is 9.39. The van der Waals surface area contributed by atoms with Crippen LogP contribution in [-0.4, -0.2) is 9.13 Å². The van der Waals surface area contributed by atoms with Crippen molar-refractivity contribution in [1.82, 2.24) is 9.13 Å². The van der Waals surface area contributed by atoms with Crippen molar-refractivity contribution in [2.75, 3.05) is 0 Å². The monoisotopic (exact) mass is 736 g/mol. The van der Waals surface area contributed by atoms with Gasteiger partial charge in [-0.1, -0.05) is 158 Å². The average molecular weight is 737 g/mol. The van der Waals surface area contributed by atoms with Crippen molar-refractivity contribution < 1.29 is 0 Å². The van der Waals surface area contributed by atoms with Crippen LogP contribution in [0.25, 0.3) is 110 Å². The Morgan fingerprint density at radius 3 is 1.43 bits per heavy atom. The Morgan fingerprint density at radius 1 is 0.241 bits per heavy atom. The third kappa shape index (κ3) is 5.05. The molecule has 270 valence electrons. The molecule has 12 rings (SSSR count).